The van der Waals surface area contributed by atoms with E-state index in [0.29, 0.717) is 18.4 Å². The van der Waals surface area contributed by atoms with Gasteiger partial charge < -0.3 is 15.1 Å². The molecular formula is C28H35N5O. The van der Waals surface area contributed by atoms with Gasteiger partial charge in [-0.3, -0.25) is 9.78 Å². The van der Waals surface area contributed by atoms with Crippen molar-refractivity contribution in [2.75, 3.05) is 45.6 Å². The van der Waals surface area contributed by atoms with E-state index in [0.717, 1.165) is 85.3 Å². The van der Waals surface area contributed by atoms with Gasteiger partial charge in [-0.15, -0.1) is 0 Å². The highest BCUT2D eigenvalue weighted by Gasteiger charge is 2.21. The minimum Gasteiger partial charge on any atom is -0.382 e. The van der Waals surface area contributed by atoms with Crippen molar-refractivity contribution in [2.24, 2.45) is 5.92 Å². The van der Waals surface area contributed by atoms with Crippen LogP contribution in [0.1, 0.15) is 42.5 Å². The summed E-state index contributed by atoms with van der Waals surface area (Å²) >= 11 is 0. The van der Waals surface area contributed by atoms with E-state index < -0.39 is 0 Å². The van der Waals surface area contributed by atoms with Gasteiger partial charge >= 0.3 is 0 Å². The molecule has 0 radical (unpaired) electrons. The second kappa shape index (κ2) is 10.2. The van der Waals surface area contributed by atoms with Crippen molar-refractivity contribution in [1.82, 2.24) is 19.8 Å². The highest BCUT2D eigenvalue weighted by atomic mass is 16.1. The van der Waals surface area contributed by atoms with Crippen molar-refractivity contribution in [1.29, 1.82) is 0 Å². The first kappa shape index (κ1) is 22.9. The lowest BCUT2D eigenvalue weighted by atomic mass is 9.90. The van der Waals surface area contributed by atoms with Gasteiger partial charge in [0.2, 0.25) is 0 Å². The van der Waals surface area contributed by atoms with Crippen molar-refractivity contribution < 1.29 is 4.79 Å². The molecule has 0 amide bonds. The van der Waals surface area contributed by atoms with Crippen LogP contribution in [0, 0.1) is 5.92 Å². The van der Waals surface area contributed by atoms with Gasteiger partial charge in [0, 0.05) is 47.1 Å². The van der Waals surface area contributed by atoms with Crippen LogP contribution in [0.3, 0.4) is 0 Å². The molecule has 178 valence electrons. The summed E-state index contributed by atoms with van der Waals surface area (Å²) in [5.41, 5.74) is 4.78. The van der Waals surface area contributed by atoms with Crippen molar-refractivity contribution in [3.05, 3.63) is 54.4 Å². The van der Waals surface area contributed by atoms with Crippen LogP contribution in [0.25, 0.3) is 22.2 Å². The zero-order valence-corrected chi connectivity index (χ0v) is 20.3. The third-order valence-corrected chi connectivity index (χ3v) is 7.50. The first-order valence-electron chi connectivity index (χ1n) is 12.6. The zero-order chi connectivity index (χ0) is 23.5. The number of carbonyl (C=O) groups is 1. The number of hydrogen-bond acceptors (Lipinski definition) is 6. The number of likely N-dealkylation sites (tertiary alicyclic amines) is 2. The Labute approximate surface area is 202 Å². The van der Waals surface area contributed by atoms with E-state index in [4.69, 9.17) is 4.98 Å². The predicted molar refractivity (Wildman–Crippen MR) is 138 cm³/mol. The Morgan fingerprint density at radius 1 is 0.971 bits per heavy atom. The molecule has 2 aliphatic rings. The van der Waals surface area contributed by atoms with Crippen LogP contribution in [0.2, 0.25) is 0 Å². The molecule has 0 unspecified atom stereocenters. The Balaban J connectivity index is 1.34. The van der Waals surface area contributed by atoms with E-state index in [1.165, 1.54) is 0 Å². The molecule has 3 aromatic rings. The molecule has 2 saturated heterocycles. The largest absolute Gasteiger partial charge is 0.382 e. The van der Waals surface area contributed by atoms with E-state index in [1.54, 1.807) is 6.20 Å². The van der Waals surface area contributed by atoms with Crippen LogP contribution in [-0.2, 0) is 0 Å². The number of Topliss-reactive ketones (excluding diaryl/α,β-unsaturated/α-hetero) is 1. The third-order valence-electron chi connectivity index (χ3n) is 7.50. The molecule has 2 aromatic heterocycles. The molecule has 34 heavy (non-hydrogen) atoms. The second-order valence-corrected chi connectivity index (χ2v) is 10.1. The van der Waals surface area contributed by atoms with Gasteiger partial charge in [0.15, 0.2) is 5.78 Å². The molecule has 0 spiro atoms. The van der Waals surface area contributed by atoms with Crippen LogP contribution < -0.4 is 5.32 Å². The first-order valence-corrected chi connectivity index (χ1v) is 12.6. The molecule has 2 aliphatic heterocycles. The average Bonchev–Trinajstić information content (AvgIpc) is 2.87. The molecule has 6 nitrogen and oxygen atoms in total. The molecule has 0 bridgehead atoms. The molecule has 0 saturated carbocycles. The molecule has 2 fully saturated rings. The fourth-order valence-corrected chi connectivity index (χ4v) is 5.18. The van der Waals surface area contributed by atoms with E-state index in [-0.39, 0.29) is 5.78 Å². The molecule has 0 atom stereocenters. The molecular weight excluding hydrogens is 422 g/mol. The van der Waals surface area contributed by atoms with Crippen LogP contribution >= 0.6 is 0 Å². The van der Waals surface area contributed by atoms with Gasteiger partial charge in [-0.05, 0) is 84.0 Å². The number of ketones is 1. The Morgan fingerprint density at radius 3 is 2.35 bits per heavy atom. The third kappa shape index (κ3) is 5.29. The predicted octanol–water partition coefficient (Wildman–Crippen LogP) is 4.72. The summed E-state index contributed by atoms with van der Waals surface area (Å²) in [5, 5.41) is 4.82. The number of aromatic nitrogens is 2. The van der Waals surface area contributed by atoms with E-state index >= 15 is 0 Å². The Hall–Kier alpha value is -2.83. The number of nitrogens with zero attached hydrogens (tertiary/aromatic N) is 4. The molecule has 6 heteroatoms. The van der Waals surface area contributed by atoms with E-state index in [2.05, 4.69) is 40.3 Å². The van der Waals surface area contributed by atoms with Gasteiger partial charge in [0.1, 0.15) is 0 Å². The molecule has 1 N–H and O–H groups in total. The van der Waals surface area contributed by atoms with Crippen molar-refractivity contribution in [3.63, 3.8) is 0 Å². The Bertz CT molecular complexity index is 1130. The van der Waals surface area contributed by atoms with Gasteiger partial charge in [0.25, 0.3) is 0 Å². The number of piperidine rings is 2. The lowest BCUT2D eigenvalue weighted by molar-refractivity contribution is 0.0936. The fraction of sp³-hybridized carbons (Fsp3) is 0.464. The van der Waals surface area contributed by atoms with E-state index in [9.17, 15) is 4.79 Å². The average molecular weight is 458 g/mol. The lowest BCUT2D eigenvalue weighted by Gasteiger charge is -2.30. The highest BCUT2D eigenvalue weighted by molar-refractivity contribution is 5.97. The number of nitrogens with one attached hydrogen (secondary N) is 1. The minimum absolute atomic E-state index is 0.253. The summed E-state index contributed by atoms with van der Waals surface area (Å²) in [5.74, 6) is 0.760. The number of hydrogen-bond donors (Lipinski definition) is 1. The van der Waals surface area contributed by atoms with Crippen LogP contribution in [0.5, 0.6) is 0 Å². The van der Waals surface area contributed by atoms with Gasteiger partial charge in [-0.25, -0.2) is 4.98 Å². The summed E-state index contributed by atoms with van der Waals surface area (Å²) in [4.78, 5) is 26.8. The highest BCUT2D eigenvalue weighted by Crippen LogP contribution is 2.30. The number of pyridine rings is 2. The summed E-state index contributed by atoms with van der Waals surface area (Å²) in [7, 11) is 4.34. The summed E-state index contributed by atoms with van der Waals surface area (Å²) in [6.45, 7) is 4.40. The minimum atomic E-state index is 0.253. The SMILES string of the molecule is CN1CCC(CC(=O)c2ccc(-c3cc(NC4CCN(C)CC4)c4cnccc4n3)cc2)CC1. The summed E-state index contributed by atoms with van der Waals surface area (Å²) in [6, 6.07) is 12.6. The Kier molecular flexibility index (Phi) is 6.88. The number of benzene rings is 1. The van der Waals surface area contributed by atoms with Crippen molar-refractivity contribution >= 4 is 22.4 Å². The first-order chi connectivity index (χ1) is 16.5. The molecule has 4 heterocycles. The zero-order valence-electron chi connectivity index (χ0n) is 20.3. The van der Waals surface area contributed by atoms with Crippen LogP contribution in [0.4, 0.5) is 5.69 Å². The van der Waals surface area contributed by atoms with Gasteiger partial charge in [-0.1, -0.05) is 24.3 Å². The molecule has 1 aromatic carbocycles. The van der Waals surface area contributed by atoms with Crippen molar-refractivity contribution in [2.45, 2.75) is 38.1 Å². The summed E-state index contributed by atoms with van der Waals surface area (Å²) < 4.78 is 0. The lowest BCUT2D eigenvalue weighted by Crippen LogP contribution is -2.36. The normalized spacial score (nSPS) is 18.9. The topological polar surface area (TPSA) is 61.4 Å². The molecule has 0 aliphatic carbocycles. The number of carbonyl (C=O) groups excluding carboxylic acids is 1. The van der Waals surface area contributed by atoms with Crippen LogP contribution in [-0.4, -0.2) is 71.9 Å². The van der Waals surface area contributed by atoms with Crippen LogP contribution in [0.15, 0.2) is 48.8 Å². The Morgan fingerprint density at radius 2 is 1.65 bits per heavy atom. The van der Waals surface area contributed by atoms with Gasteiger partial charge in [0.05, 0.1) is 11.2 Å². The quantitative estimate of drug-likeness (QED) is 0.541. The van der Waals surface area contributed by atoms with Gasteiger partial charge in [-0.2, -0.15) is 0 Å². The monoisotopic (exact) mass is 457 g/mol. The number of fused-ring (bicyclic) bond motifs is 1. The molecule has 5 rings (SSSR count). The summed E-state index contributed by atoms with van der Waals surface area (Å²) in [6.07, 6.45) is 8.83. The maximum Gasteiger partial charge on any atom is 0.163 e. The number of rotatable bonds is 6. The maximum atomic E-state index is 12.9. The standard InChI is InChI=1S/C28H35N5O/c1-32-13-8-20(9-14-32)17-28(34)22-5-3-21(4-6-22)26-18-27(24-19-29-12-7-25(24)31-26)30-23-10-15-33(2)16-11-23/h3-7,12,18-20,23H,8-11,13-17H2,1-2H3,(H,30,31). The fourth-order valence-electron chi connectivity index (χ4n) is 5.18. The van der Waals surface area contributed by atoms with Crippen molar-refractivity contribution in [3.8, 4) is 11.3 Å². The second-order valence-electron chi connectivity index (χ2n) is 10.1. The van der Waals surface area contributed by atoms with E-state index in [1.807, 2.05) is 36.5 Å². The number of anilines is 1. The maximum absolute atomic E-state index is 12.9. The smallest absolute Gasteiger partial charge is 0.163 e.